The first-order chi connectivity index (χ1) is 10.1. The standard InChI is InChI=1S/C16H22Cl2N2O/c1-12(14-6-5-13(17)11-15(14)18)19-8-7-16(21)20-9-3-2-4-10-20/h5-6,11-12,19H,2-4,7-10H2,1H3. The van der Waals surface area contributed by atoms with Crippen LogP contribution in [0.25, 0.3) is 0 Å². The van der Waals surface area contributed by atoms with E-state index < -0.39 is 0 Å². The van der Waals surface area contributed by atoms with Gasteiger partial charge in [0.25, 0.3) is 0 Å². The Morgan fingerprint density at radius 2 is 2.00 bits per heavy atom. The quantitative estimate of drug-likeness (QED) is 0.884. The van der Waals surface area contributed by atoms with Crippen molar-refractivity contribution in [1.29, 1.82) is 0 Å². The van der Waals surface area contributed by atoms with Gasteiger partial charge in [-0.25, -0.2) is 0 Å². The third kappa shape index (κ3) is 4.87. The first kappa shape index (κ1) is 16.6. The number of nitrogens with zero attached hydrogens (tertiary/aromatic N) is 1. The number of carbonyl (C=O) groups is 1. The van der Waals surface area contributed by atoms with Crippen LogP contribution in [0.5, 0.6) is 0 Å². The normalized spacial score (nSPS) is 16.8. The highest BCUT2D eigenvalue weighted by molar-refractivity contribution is 6.35. The average Bonchev–Trinajstić information content (AvgIpc) is 2.47. The number of likely N-dealkylation sites (tertiary alicyclic amines) is 1. The zero-order chi connectivity index (χ0) is 15.2. The van der Waals surface area contributed by atoms with Crippen LogP contribution >= 0.6 is 23.2 Å². The second-order valence-electron chi connectivity index (χ2n) is 5.53. The number of benzene rings is 1. The molecule has 0 aromatic heterocycles. The number of amides is 1. The third-order valence-corrected chi connectivity index (χ3v) is 4.49. The number of piperidine rings is 1. The zero-order valence-corrected chi connectivity index (χ0v) is 13.9. The lowest BCUT2D eigenvalue weighted by Crippen LogP contribution is -2.37. The first-order valence-corrected chi connectivity index (χ1v) is 8.29. The molecule has 1 fully saturated rings. The third-order valence-electron chi connectivity index (χ3n) is 3.93. The maximum atomic E-state index is 12.1. The van der Waals surface area contributed by atoms with Crippen molar-refractivity contribution >= 4 is 29.1 Å². The summed E-state index contributed by atoms with van der Waals surface area (Å²) in [5.74, 6) is 0.247. The minimum atomic E-state index is 0.101. The summed E-state index contributed by atoms with van der Waals surface area (Å²) in [6.45, 7) is 4.53. The highest BCUT2D eigenvalue weighted by Gasteiger charge is 2.16. The molecule has 1 amide bonds. The van der Waals surface area contributed by atoms with Crippen molar-refractivity contribution in [2.45, 2.75) is 38.6 Å². The van der Waals surface area contributed by atoms with Crippen LogP contribution in [0.15, 0.2) is 18.2 Å². The molecule has 1 heterocycles. The van der Waals surface area contributed by atoms with E-state index in [0.29, 0.717) is 23.0 Å². The van der Waals surface area contributed by atoms with Crippen molar-refractivity contribution in [2.24, 2.45) is 0 Å². The molecule has 3 nitrogen and oxygen atoms in total. The monoisotopic (exact) mass is 328 g/mol. The molecule has 1 aliphatic rings. The maximum absolute atomic E-state index is 12.1. The van der Waals surface area contributed by atoms with Crippen molar-refractivity contribution in [3.05, 3.63) is 33.8 Å². The van der Waals surface area contributed by atoms with Gasteiger partial charge in [0.05, 0.1) is 0 Å². The molecular weight excluding hydrogens is 307 g/mol. The minimum absolute atomic E-state index is 0.101. The van der Waals surface area contributed by atoms with E-state index in [4.69, 9.17) is 23.2 Å². The topological polar surface area (TPSA) is 32.3 Å². The highest BCUT2D eigenvalue weighted by atomic mass is 35.5. The highest BCUT2D eigenvalue weighted by Crippen LogP contribution is 2.26. The minimum Gasteiger partial charge on any atom is -0.343 e. The number of hydrogen-bond acceptors (Lipinski definition) is 2. The molecule has 0 saturated carbocycles. The number of hydrogen-bond donors (Lipinski definition) is 1. The van der Waals surface area contributed by atoms with Crippen molar-refractivity contribution in [3.63, 3.8) is 0 Å². The summed E-state index contributed by atoms with van der Waals surface area (Å²) in [6, 6.07) is 5.60. The number of nitrogens with one attached hydrogen (secondary N) is 1. The van der Waals surface area contributed by atoms with Crippen LogP contribution < -0.4 is 5.32 Å². The van der Waals surface area contributed by atoms with E-state index in [2.05, 4.69) is 5.32 Å². The first-order valence-electron chi connectivity index (χ1n) is 7.54. The molecule has 2 rings (SSSR count). The summed E-state index contributed by atoms with van der Waals surface area (Å²) in [7, 11) is 0. The van der Waals surface area contributed by atoms with Crippen LogP contribution in [0.2, 0.25) is 10.0 Å². The molecule has 0 bridgehead atoms. The Balaban J connectivity index is 1.78. The molecule has 0 aliphatic carbocycles. The van der Waals surface area contributed by atoms with E-state index >= 15 is 0 Å². The van der Waals surface area contributed by atoms with Gasteiger partial charge in [-0.2, -0.15) is 0 Å². The fraction of sp³-hybridized carbons (Fsp3) is 0.562. The van der Waals surface area contributed by atoms with Gasteiger partial charge >= 0.3 is 0 Å². The van der Waals surface area contributed by atoms with Crippen LogP contribution in [-0.2, 0) is 4.79 Å². The van der Waals surface area contributed by atoms with E-state index in [-0.39, 0.29) is 11.9 Å². The van der Waals surface area contributed by atoms with Gasteiger partial charge in [0, 0.05) is 42.1 Å². The Labute approximate surface area is 136 Å². The molecule has 1 aromatic rings. The van der Waals surface area contributed by atoms with E-state index in [9.17, 15) is 4.79 Å². The summed E-state index contributed by atoms with van der Waals surface area (Å²) >= 11 is 12.1. The summed E-state index contributed by atoms with van der Waals surface area (Å²) in [5.41, 5.74) is 1.01. The van der Waals surface area contributed by atoms with Crippen molar-refractivity contribution in [3.8, 4) is 0 Å². The Morgan fingerprint density at radius 1 is 1.29 bits per heavy atom. The molecule has 0 radical (unpaired) electrons. The SMILES string of the molecule is CC(NCCC(=O)N1CCCCC1)c1ccc(Cl)cc1Cl. The molecule has 1 aromatic carbocycles. The average molecular weight is 329 g/mol. The molecule has 1 aliphatic heterocycles. The van der Waals surface area contributed by atoms with Crippen LogP contribution in [0.3, 0.4) is 0 Å². The van der Waals surface area contributed by atoms with E-state index in [1.807, 2.05) is 24.0 Å². The predicted octanol–water partition coefficient (Wildman–Crippen LogP) is 4.05. The van der Waals surface area contributed by atoms with E-state index in [1.165, 1.54) is 6.42 Å². The van der Waals surface area contributed by atoms with Crippen molar-refractivity contribution < 1.29 is 4.79 Å². The second-order valence-corrected chi connectivity index (χ2v) is 6.38. The Bertz CT molecular complexity index is 487. The summed E-state index contributed by atoms with van der Waals surface area (Å²) < 4.78 is 0. The van der Waals surface area contributed by atoms with E-state index in [1.54, 1.807) is 6.07 Å². The van der Waals surface area contributed by atoms with Crippen LogP contribution in [0.1, 0.15) is 44.2 Å². The van der Waals surface area contributed by atoms with Gasteiger partial charge in [-0.05, 0) is 43.9 Å². The van der Waals surface area contributed by atoms with Crippen LogP contribution in [0.4, 0.5) is 0 Å². The predicted molar refractivity (Wildman–Crippen MR) is 87.9 cm³/mol. The van der Waals surface area contributed by atoms with Gasteiger partial charge in [-0.15, -0.1) is 0 Å². The van der Waals surface area contributed by atoms with Gasteiger partial charge in [0.15, 0.2) is 0 Å². The summed E-state index contributed by atoms with van der Waals surface area (Å²) in [6.07, 6.45) is 4.05. The Morgan fingerprint density at radius 3 is 2.67 bits per heavy atom. The van der Waals surface area contributed by atoms with Crippen molar-refractivity contribution in [1.82, 2.24) is 10.2 Å². The fourth-order valence-electron chi connectivity index (χ4n) is 2.66. The van der Waals surface area contributed by atoms with Gasteiger partial charge < -0.3 is 10.2 Å². The smallest absolute Gasteiger partial charge is 0.223 e. The van der Waals surface area contributed by atoms with Gasteiger partial charge in [-0.1, -0.05) is 29.3 Å². The second kappa shape index (κ2) is 8.02. The van der Waals surface area contributed by atoms with Crippen LogP contribution in [-0.4, -0.2) is 30.4 Å². The van der Waals surface area contributed by atoms with Crippen LogP contribution in [0, 0.1) is 0 Å². The summed E-state index contributed by atoms with van der Waals surface area (Å²) in [4.78, 5) is 14.0. The Hall–Kier alpha value is -0.770. The van der Waals surface area contributed by atoms with Gasteiger partial charge in [-0.3, -0.25) is 4.79 Å². The zero-order valence-electron chi connectivity index (χ0n) is 12.4. The lowest BCUT2D eigenvalue weighted by Gasteiger charge is -2.27. The van der Waals surface area contributed by atoms with Crippen molar-refractivity contribution in [2.75, 3.05) is 19.6 Å². The lowest BCUT2D eigenvalue weighted by molar-refractivity contribution is -0.132. The largest absolute Gasteiger partial charge is 0.343 e. The maximum Gasteiger partial charge on any atom is 0.223 e. The Kier molecular flexibility index (Phi) is 6.34. The molecule has 1 unspecified atom stereocenters. The number of rotatable bonds is 5. The summed E-state index contributed by atoms with van der Waals surface area (Å²) in [5, 5.41) is 4.65. The van der Waals surface area contributed by atoms with Gasteiger partial charge in [0.1, 0.15) is 0 Å². The number of carbonyl (C=O) groups excluding carboxylic acids is 1. The molecule has 1 N–H and O–H groups in total. The lowest BCUT2D eigenvalue weighted by atomic mass is 10.1. The van der Waals surface area contributed by atoms with Gasteiger partial charge in [0.2, 0.25) is 5.91 Å². The molecule has 1 saturated heterocycles. The van der Waals surface area contributed by atoms with E-state index in [0.717, 1.165) is 31.5 Å². The molecule has 21 heavy (non-hydrogen) atoms. The molecule has 0 spiro atoms. The molecule has 1 atom stereocenters. The number of halogens is 2. The molecule has 5 heteroatoms. The molecular formula is C16H22Cl2N2O. The molecule has 116 valence electrons. The fourth-order valence-corrected chi connectivity index (χ4v) is 3.23.